The molecule has 96 valence electrons. The lowest BCUT2D eigenvalue weighted by molar-refractivity contribution is 0.209. The first-order valence-electron chi connectivity index (χ1n) is 6.37. The molecule has 1 aromatic carbocycles. The minimum atomic E-state index is 0.685. The van der Waals surface area contributed by atoms with Gasteiger partial charge in [0.15, 0.2) is 0 Å². The Balaban J connectivity index is 2.33. The first kappa shape index (κ1) is 14.3. The van der Waals surface area contributed by atoms with Gasteiger partial charge in [-0.15, -0.1) is 0 Å². The molecule has 0 saturated carbocycles. The minimum absolute atomic E-state index is 0.685. The first-order chi connectivity index (χ1) is 8.27. The van der Waals surface area contributed by atoms with Crippen molar-refractivity contribution in [2.75, 3.05) is 26.2 Å². The molecule has 0 aromatic heterocycles. The normalized spacial score (nSPS) is 10.8. The molecular weight excluding hydrogens is 234 g/mol. The van der Waals surface area contributed by atoms with Gasteiger partial charge >= 0.3 is 0 Å². The van der Waals surface area contributed by atoms with Gasteiger partial charge in [0, 0.05) is 6.54 Å². The average molecular weight is 256 g/mol. The van der Waals surface area contributed by atoms with E-state index < -0.39 is 0 Å². The zero-order valence-corrected chi connectivity index (χ0v) is 11.5. The summed E-state index contributed by atoms with van der Waals surface area (Å²) < 4.78 is 5.69. The van der Waals surface area contributed by atoms with Gasteiger partial charge in [-0.25, -0.2) is 0 Å². The summed E-state index contributed by atoms with van der Waals surface area (Å²) in [6.45, 7) is 8.35. The standard InChI is InChI=1S/C14H22ClNO/c1-3-9-16(10-4-2)11-12-17-14-8-6-5-7-13(14)15/h5-8H,3-4,9-12H2,1-2H3. The lowest BCUT2D eigenvalue weighted by atomic mass is 10.3. The number of hydrogen-bond acceptors (Lipinski definition) is 2. The maximum atomic E-state index is 6.02. The first-order valence-corrected chi connectivity index (χ1v) is 6.75. The van der Waals surface area contributed by atoms with Gasteiger partial charge in [-0.2, -0.15) is 0 Å². The predicted octanol–water partition coefficient (Wildman–Crippen LogP) is 3.84. The Hall–Kier alpha value is -0.730. The van der Waals surface area contributed by atoms with Crippen LogP contribution in [0.25, 0.3) is 0 Å². The van der Waals surface area contributed by atoms with Crippen LogP contribution in [-0.4, -0.2) is 31.1 Å². The highest BCUT2D eigenvalue weighted by molar-refractivity contribution is 6.32. The van der Waals surface area contributed by atoms with Crippen molar-refractivity contribution in [3.63, 3.8) is 0 Å². The second-order valence-electron chi connectivity index (χ2n) is 4.12. The Bertz CT molecular complexity index is 311. The van der Waals surface area contributed by atoms with Crippen molar-refractivity contribution >= 4 is 11.6 Å². The Morgan fingerprint density at radius 1 is 1.06 bits per heavy atom. The van der Waals surface area contributed by atoms with E-state index in [1.807, 2.05) is 24.3 Å². The van der Waals surface area contributed by atoms with Crippen molar-refractivity contribution in [1.29, 1.82) is 0 Å². The van der Waals surface area contributed by atoms with Crippen LogP contribution < -0.4 is 4.74 Å². The van der Waals surface area contributed by atoms with Crippen LogP contribution in [0.3, 0.4) is 0 Å². The molecule has 0 heterocycles. The molecule has 0 atom stereocenters. The summed E-state index contributed by atoms with van der Waals surface area (Å²) in [5.74, 6) is 0.780. The van der Waals surface area contributed by atoms with Crippen LogP contribution in [0.4, 0.5) is 0 Å². The molecule has 0 spiro atoms. The summed E-state index contributed by atoms with van der Waals surface area (Å²) in [4.78, 5) is 2.43. The Labute approximate surface area is 110 Å². The van der Waals surface area contributed by atoms with E-state index in [9.17, 15) is 0 Å². The lowest BCUT2D eigenvalue weighted by Gasteiger charge is -2.21. The van der Waals surface area contributed by atoms with E-state index in [4.69, 9.17) is 16.3 Å². The Morgan fingerprint density at radius 3 is 2.29 bits per heavy atom. The van der Waals surface area contributed by atoms with E-state index in [1.165, 1.54) is 12.8 Å². The molecule has 1 rings (SSSR count). The van der Waals surface area contributed by atoms with E-state index in [1.54, 1.807) is 0 Å². The topological polar surface area (TPSA) is 12.5 Å². The molecule has 2 nitrogen and oxygen atoms in total. The summed E-state index contributed by atoms with van der Waals surface area (Å²) >= 11 is 6.02. The van der Waals surface area contributed by atoms with Gasteiger partial charge in [-0.1, -0.05) is 37.6 Å². The fourth-order valence-corrected chi connectivity index (χ4v) is 2.00. The van der Waals surface area contributed by atoms with Crippen LogP contribution in [-0.2, 0) is 0 Å². The maximum absolute atomic E-state index is 6.02. The summed E-state index contributed by atoms with van der Waals surface area (Å²) in [5.41, 5.74) is 0. The van der Waals surface area contributed by atoms with E-state index >= 15 is 0 Å². The third-order valence-corrected chi connectivity index (χ3v) is 2.89. The number of benzene rings is 1. The molecule has 17 heavy (non-hydrogen) atoms. The number of ether oxygens (including phenoxy) is 1. The fraction of sp³-hybridized carbons (Fsp3) is 0.571. The van der Waals surface area contributed by atoms with E-state index in [-0.39, 0.29) is 0 Å². The van der Waals surface area contributed by atoms with Crippen molar-refractivity contribution in [2.45, 2.75) is 26.7 Å². The predicted molar refractivity (Wildman–Crippen MR) is 74.0 cm³/mol. The molecule has 3 heteroatoms. The van der Waals surface area contributed by atoms with Crippen LogP contribution in [0, 0.1) is 0 Å². The minimum Gasteiger partial charge on any atom is -0.491 e. The summed E-state index contributed by atoms with van der Waals surface area (Å²) in [7, 11) is 0. The van der Waals surface area contributed by atoms with Gasteiger partial charge in [0.2, 0.25) is 0 Å². The second-order valence-corrected chi connectivity index (χ2v) is 4.53. The third-order valence-electron chi connectivity index (χ3n) is 2.58. The molecule has 0 amide bonds. The molecule has 0 unspecified atom stereocenters. The van der Waals surface area contributed by atoms with Gasteiger partial charge in [-0.3, -0.25) is 4.90 Å². The monoisotopic (exact) mass is 255 g/mol. The number of hydrogen-bond donors (Lipinski definition) is 0. The summed E-state index contributed by atoms with van der Waals surface area (Å²) in [6, 6.07) is 7.62. The smallest absolute Gasteiger partial charge is 0.137 e. The van der Waals surface area contributed by atoms with Crippen LogP contribution in [0.1, 0.15) is 26.7 Å². The molecule has 0 aliphatic heterocycles. The van der Waals surface area contributed by atoms with Crippen LogP contribution in [0.5, 0.6) is 5.75 Å². The number of rotatable bonds is 8. The highest BCUT2D eigenvalue weighted by Gasteiger charge is 2.04. The molecule has 0 fully saturated rings. The van der Waals surface area contributed by atoms with Crippen LogP contribution >= 0.6 is 11.6 Å². The molecular formula is C14H22ClNO. The van der Waals surface area contributed by atoms with Gasteiger partial charge in [-0.05, 0) is 38.1 Å². The zero-order valence-electron chi connectivity index (χ0n) is 10.8. The molecule has 0 aliphatic carbocycles. The maximum Gasteiger partial charge on any atom is 0.137 e. The Morgan fingerprint density at radius 2 is 1.71 bits per heavy atom. The highest BCUT2D eigenvalue weighted by Crippen LogP contribution is 2.22. The SMILES string of the molecule is CCCN(CCC)CCOc1ccccc1Cl. The Kier molecular flexibility index (Phi) is 7.06. The van der Waals surface area contributed by atoms with Crippen LogP contribution in [0.2, 0.25) is 5.02 Å². The van der Waals surface area contributed by atoms with Crippen molar-refractivity contribution in [3.8, 4) is 5.75 Å². The van der Waals surface area contributed by atoms with Crippen LogP contribution in [0.15, 0.2) is 24.3 Å². The number of nitrogens with zero attached hydrogens (tertiary/aromatic N) is 1. The number of para-hydroxylation sites is 1. The fourth-order valence-electron chi connectivity index (χ4n) is 1.81. The molecule has 1 aromatic rings. The van der Waals surface area contributed by atoms with Gasteiger partial charge in [0.25, 0.3) is 0 Å². The molecule has 0 bridgehead atoms. The lowest BCUT2D eigenvalue weighted by Crippen LogP contribution is -2.30. The summed E-state index contributed by atoms with van der Waals surface area (Å²) in [6.07, 6.45) is 2.37. The molecule has 0 aliphatic rings. The van der Waals surface area contributed by atoms with Crippen molar-refractivity contribution in [1.82, 2.24) is 4.90 Å². The van der Waals surface area contributed by atoms with Crippen molar-refractivity contribution < 1.29 is 4.74 Å². The zero-order chi connectivity index (χ0) is 12.5. The number of halogens is 1. The quantitative estimate of drug-likeness (QED) is 0.700. The van der Waals surface area contributed by atoms with Gasteiger partial charge in [0.1, 0.15) is 12.4 Å². The van der Waals surface area contributed by atoms with Gasteiger partial charge in [0.05, 0.1) is 5.02 Å². The largest absolute Gasteiger partial charge is 0.491 e. The average Bonchev–Trinajstić information content (AvgIpc) is 2.32. The highest BCUT2D eigenvalue weighted by atomic mass is 35.5. The molecule has 0 radical (unpaired) electrons. The van der Waals surface area contributed by atoms with E-state index in [0.29, 0.717) is 11.6 Å². The second kappa shape index (κ2) is 8.37. The van der Waals surface area contributed by atoms with Crippen molar-refractivity contribution in [3.05, 3.63) is 29.3 Å². The van der Waals surface area contributed by atoms with E-state index in [2.05, 4.69) is 18.7 Å². The summed E-state index contributed by atoms with van der Waals surface area (Å²) in [5, 5.41) is 0.685. The van der Waals surface area contributed by atoms with Crippen molar-refractivity contribution in [2.24, 2.45) is 0 Å². The van der Waals surface area contributed by atoms with Gasteiger partial charge < -0.3 is 4.74 Å². The molecule has 0 N–H and O–H groups in total. The third kappa shape index (κ3) is 5.42. The van der Waals surface area contributed by atoms with E-state index in [0.717, 1.165) is 25.4 Å². The molecule has 0 saturated heterocycles.